The minimum absolute atomic E-state index is 0.312. The van der Waals surface area contributed by atoms with Gasteiger partial charge in [0.05, 0.1) is 12.2 Å². The molecule has 2 aliphatic rings. The van der Waals surface area contributed by atoms with E-state index in [0.29, 0.717) is 29.9 Å². The average molecular weight is 289 g/mol. The number of anilines is 2. The summed E-state index contributed by atoms with van der Waals surface area (Å²) in [5.41, 5.74) is 7.76. The van der Waals surface area contributed by atoms with E-state index in [1.54, 1.807) is 6.07 Å². The molecule has 0 amide bonds. The minimum Gasteiger partial charge on any atom is -0.462 e. The fraction of sp³-hybridized carbons (Fsp3) is 0.562. The van der Waals surface area contributed by atoms with Crippen molar-refractivity contribution in [1.82, 2.24) is 4.90 Å². The third-order valence-corrected chi connectivity index (χ3v) is 4.49. The number of ether oxygens (including phenoxy) is 1. The van der Waals surface area contributed by atoms with E-state index in [9.17, 15) is 4.79 Å². The van der Waals surface area contributed by atoms with E-state index in [2.05, 4.69) is 10.2 Å². The number of hydrogen-bond acceptors (Lipinski definition) is 5. The lowest BCUT2D eigenvalue weighted by Crippen LogP contribution is -2.34. The van der Waals surface area contributed by atoms with Crippen LogP contribution in [0.5, 0.6) is 0 Å². The van der Waals surface area contributed by atoms with Crippen molar-refractivity contribution in [2.75, 3.05) is 30.7 Å². The molecule has 0 aliphatic carbocycles. The van der Waals surface area contributed by atoms with Crippen LogP contribution >= 0.6 is 0 Å². The molecule has 0 saturated carbocycles. The summed E-state index contributed by atoms with van der Waals surface area (Å²) in [6.07, 6.45) is 3.63. The molecule has 1 aromatic rings. The molecule has 114 valence electrons. The van der Waals surface area contributed by atoms with E-state index in [0.717, 1.165) is 18.7 Å². The van der Waals surface area contributed by atoms with Gasteiger partial charge in [-0.15, -0.1) is 0 Å². The SMILES string of the molecule is CCOC(=O)c1cc(N)ccc1NC1CCN2CCCC12. The summed E-state index contributed by atoms with van der Waals surface area (Å²) in [5, 5.41) is 3.55. The standard InChI is InChI=1S/C16H23N3O2/c1-2-21-16(20)12-10-11(17)5-6-13(12)18-14-7-9-19-8-3-4-15(14)19/h5-6,10,14-15,18H,2-4,7-9,17H2,1H3. The zero-order valence-electron chi connectivity index (χ0n) is 12.5. The number of esters is 1. The molecule has 0 radical (unpaired) electrons. The molecule has 2 aliphatic heterocycles. The predicted octanol–water partition coefficient (Wildman–Crippen LogP) is 2.09. The Labute approximate surface area is 125 Å². The molecule has 21 heavy (non-hydrogen) atoms. The maximum atomic E-state index is 12.1. The van der Waals surface area contributed by atoms with Gasteiger partial charge in [-0.05, 0) is 50.9 Å². The van der Waals surface area contributed by atoms with Gasteiger partial charge in [0.15, 0.2) is 0 Å². The van der Waals surface area contributed by atoms with Crippen LogP contribution in [0, 0.1) is 0 Å². The molecule has 2 heterocycles. The van der Waals surface area contributed by atoms with Crippen LogP contribution in [-0.2, 0) is 4.74 Å². The second-order valence-electron chi connectivity index (χ2n) is 5.81. The highest BCUT2D eigenvalue weighted by Crippen LogP contribution is 2.31. The zero-order valence-corrected chi connectivity index (χ0v) is 12.5. The Kier molecular flexibility index (Phi) is 4.01. The van der Waals surface area contributed by atoms with E-state index in [-0.39, 0.29) is 5.97 Å². The number of benzene rings is 1. The maximum absolute atomic E-state index is 12.1. The first-order valence-electron chi connectivity index (χ1n) is 7.76. The summed E-state index contributed by atoms with van der Waals surface area (Å²) in [6.45, 7) is 4.53. The van der Waals surface area contributed by atoms with Crippen molar-refractivity contribution >= 4 is 17.3 Å². The van der Waals surface area contributed by atoms with Gasteiger partial charge in [0.1, 0.15) is 0 Å². The lowest BCUT2D eigenvalue weighted by Gasteiger charge is -2.23. The Balaban J connectivity index is 1.80. The van der Waals surface area contributed by atoms with Gasteiger partial charge in [0.2, 0.25) is 0 Å². The van der Waals surface area contributed by atoms with Crippen molar-refractivity contribution in [2.45, 2.75) is 38.3 Å². The molecule has 0 aromatic heterocycles. The lowest BCUT2D eigenvalue weighted by atomic mass is 10.0. The topological polar surface area (TPSA) is 67.6 Å². The van der Waals surface area contributed by atoms with E-state index >= 15 is 0 Å². The smallest absolute Gasteiger partial charge is 0.340 e. The fourth-order valence-corrected chi connectivity index (χ4v) is 3.52. The number of carbonyl (C=O) groups is 1. The van der Waals surface area contributed by atoms with Crippen LogP contribution in [0.3, 0.4) is 0 Å². The normalized spacial score (nSPS) is 24.8. The summed E-state index contributed by atoms with van der Waals surface area (Å²) in [4.78, 5) is 14.6. The number of hydrogen-bond donors (Lipinski definition) is 2. The first-order valence-corrected chi connectivity index (χ1v) is 7.76. The molecule has 5 heteroatoms. The van der Waals surface area contributed by atoms with Gasteiger partial charge >= 0.3 is 5.97 Å². The van der Waals surface area contributed by atoms with Crippen molar-refractivity contribution in [3.8, 4) is 0 Å². The van der Waals surface area contributed by atoms with Crippen molar-refractivity contribution in [2.24, 2.45) is 0 Å². The second-order valence-corrected chi connectivity index (χ2v) is 5.81. The molecule has 2 fully saturated rings. The number of carbonyl (C=O) groups excluding carboxylic acids is 1. The van der Waals surface area contributed by atoms with E-state index in [1.807, 2.05) is 19.1 Å². The third kappa shape index (κ3) is 2.83. The Morgan fingerprint density at radius 2 is 2.29 bits per heavy atom. The molecule has 0 spiro atoms. The molecule has 2 saturated heterocycles. The number of fused-ring (bicyclic) bond motifs is 1. The Hall–Kier alpha value is -1.75. The first-order chi connectivity index (χ1) is 10.2. The zero-order chi connectivity index (χ0) is 14.8. The highest BCUT2D eigenvalue weighted by atomic mass is 16.5. The molecule has 3 N–H and O–H groups in total. The summed E-state index contributed by atoms with van der Waals surface area (Å²) in [6, 6.07) is 6.41. The Bertz CT molecular complexity index is 532. The molecule has 5 nitrogen and oxygen atoms in total. The predicted molar refractivity (Wildman–Crippen MR) is 83.4 cm³/mol. The van der Waals surface area contributed by atoms with Gasteiger partial charge in [0.25, 0.3) is 0 Å². The average Bonchev–Trinajstić information content (AvgIpc) is 3.06. The van der Waals surface area contributed by atoms with Gasteiger partial charge in [-0.25, -0.2) is 4.79 Å². The van der Waals surface area contributed by atoms with Crippen LogP contribution in [0.2, 0.25) is 0 Å². The van der Waals surface area contributed by atoms with E-state index in [4.69, 9.17) is 10.5 Å². The van der Waals surface area contributed by atoms with Crippen LogP contribution in [0.1, 0.15) is 36.5 Å². The quantitative estimate of drug-likeness (QED) is 0.656. The number of nitrogens with two attached hydrogens (primary N) is 1. The summed E-state index contributed by atoms with van der Waals surface area (Å²) >= 11 is 0. The monoisotopic (exact) mass is 289 g/mol. The summed E-state index contributed by atoms with van der Waals surface area (Å²) in [7, 11) is 0. The summed E-state index contributed by atoms with van der Waals surface area (Å²) < 4.78 is 5.13. The number of nitrogens with one attached hydrogen (secondary N) is 1. The lowest BCUT2D eigenvalue weighted by molar-refractivity contribution is 0.0527. The molecular weight excluding hydrogens is 266 g/mol. The van der Waals surface area contributed by atoms with Gasteiger partial charge in [-0.3, -0.25) is 4.90 Å². The highest BCUT2D eigenvalue weighted by molar-refractivity contribution is 5.96. The maximum Gasteiger partial charge on any atom is 0.340 e. The van der Waals surface area contributed by atoms with Crippen molar-refractivity contribution in [1.29, 1.82) is 0 Å². The van der Waals surface area contributed by atoms with Crippen LogP contribution in [0.25, 0.3) is 0 Å². The van der Waals surface area contributed by atoms with Crippen LogP contribution in [-0.4, -0.2) is 42.6 Å². The van der Waals surface area contributed by atoms with Crippen molar-refractivity contribution in [3.63, 3.8) is 0 Å². The molecule has 2 unspecified atom stereocenters. The van der Waals surface area contributed by atoms with E-state index in [1.165, 1.54) is 19.4 Å². The van der Waals surface area contributed by atoms with Gasteiger partial charge in [-0.1, -0.05) is 0 Å². The van der Waals surface area contributed by atoms with Crippen molar-refractivity contribution in [3.05, 3.63) is 23.8 Å². The summed E-state index contributed by atoms with van der Waals surface area (Å²) in [5.74, 6) is -0.312. The molecule has 1 aromatic carbocycles. The van der Waals surface area contributed by atoms with Gasteiger partial charge in [-0.2, -0.15) is 0 Å². The number of nitrogens with zero attached hydrogens (tertiary/aromatic N) is 1. The molecule has 0 bridgehead atoms. The van der Waals surface area contributed by atoms with Crippen LogP contribution < -0.4 is 11.1 Å². The van der Waals surface area contributed by atoms with Crippen LogP contribution in [0.15, 0.2) is 18.2 Å². The first kappa shape index (κ1) is 14.2. The minimum atomic E-state index is -0.312. The molecule has 2 atom stereocenters. The fourth-order valence-electron chi connectivity index (χ4n) is 3.52. The number of nitrogen functional groups attached to an aromatic ring is 1. The molecule has 3 rings (SSSR count). The largest absolute Gasteiger partial charge is 0.462 e. The highest BCUT2D eigenvalue weighted by Gasteiger charge is 2.37. The van der Waals surface area contributed by atoms with Crippen molar-refractivity contribution < 1.29 is 9.53 Å². The number of rotatable bonds is 4. The second kappa shape index (κ2) is 5.93. The third-order valence-electron chi connectivity index (χ3n) is 4.49. The van der Waals surface area contributed by atoms with Gasteiger partial charge < -0.3 is 15.8 Å². The molecular formula is C16H23N3O2. The Morgan fingerprint density at radius 1 is 1.43 bits per heavy atom. The van der Waals surface area contributed by atoms with Crippen LogP contribution in [0.4, 0.5) is 11.4 Å². The Morgan fingerprint density at radius 3 is 3.10 bits per heavy atom. The van der Waals surface area contributed by atoms with E-state index < -0.39 is 0 Å². The van der Waals surface area contributed by atoms with Gasteiger partial charge in [0, 0.05) is 30.0 Å².